The molecule has 0 saturated carbocycles. The van der Waals surface area contributed by atoms with Crippen molar-refractivity contribution in [2.75, 3.05) is 6.61 Å². The van der Waals surface area contributed by atoms with E-state index < -0.39 is 30.4 Å². The Morgan fingerprint density at radius 2 is 1.93 bits per heavy atom. The van der Waals surface area contributed by atoms with Gasteiger partial charge in [-0.25, -0.2) is 0 Å². The molecule has 1 fully saturated rings. The Morgan fingerprint density at radius 3 is 2.40 bits per heavy atom. The van der Waals surface area contributed by atoms with Gasteiger partial charge in [-0.05, 0) is 6.42 Å². The van der Waals surface area contributed by atoms with Gasteiger partial charge in [0.25, 0.3) is 0 Å². The lowest BCUT2D eigenvalue weighted by molar-refractivity contribution is -0.00435. The Morgan fingerprint density at radius 1 is 1.27 bits per heavy atom. The van der Waals surface area contributed by atoms with Crippen molar-refractivity contribution in [3.63, 3.8) is 0 Å². The monoisotopic (exact) mass is 219 g/mol. The SMILES string of the molecule is CCCC[C@H](O)[C@@H]1N[C@@H](CO)[C@H](O)[C@H]1O. The van der Waals surface area contributed by atoms with Crippen LogP contribution in [0.2, 0.25) is 0 Å². The minimum Gasteiger partial charge on any atom is -0.395 e. The summed E-state index contributed by atoms with van der Waals surface area (Å²) < 4.78 is 0. The van der Waals surface area contributed by atoms with Crippen LogP contribution in [0.25, 0.3) is 0 Å². The Balaban J connectivity index is 2.48. The highest BCUT2D eigenvalue weighted by molar-refractivity contribution is 5.00. The third-order valence-electron chi connectivity index (χ3n) is 3.00. The molecule has 0 aromatic heterocycles. The third kappa shape index (κ3) is 2.89. The first kappa shape index (κ1) is 12.9. The van der Waals surface area contributed by atoms with Gasteiger partial charge in [0.15, 0.2) is 0 Å². The molecular weight excluding hydrogens is 198 g/mol. The van der Waals surface area contributed by atoms with Gasteiger partial charge in [-0.1, -0.05) is 19.8 Å². The van der Waals surface area contributed by atoms with Crippen LogP contribution >= 0.6 is 0 Å². The molecule has 15 heavy (non-hydrogen) atoms. The van der Waals surface area contributed by atoms with Crippen LogP contribution in [0.3, 0.4) is 0 Å². The summed E-state index contributed by atoms with van der Waals surface area (Å²) in [6, 6.07) is -1.08. The van der Waals surface area contributed by atoms with Gasteiger partial charge in [-0.3, -0.25) is 0 Å². The van der Waals surface area contributed by atoms with Gasteiger partial charge in [0.05, 0.1) is 37.0 Å². The van der Waals surface area contributed by atoms with Crippen molar-refractivity contribution in [3.8, 4) is 0 Å². The van der Waals surface area contributed by atoms with Gasteiger partial charge in [0, 0.05) is 0 Å². The predicted molar refractivity (Wildman–Crippen MR) is 55.3 cm³/mol. The number of hydrogen-bond acceptors (Lipinski definition) is 5. The van der Waals surface area contributed by atoms with Crippen molar-refractivity contribution < 1.29 is 20.4 Å². The van der Waals surface area contributed by atoms with Gasteiger partial charge >= 0.3 is 0 Å². The van der Waals surface area contributed by atoms with Crippen LogP contribution in [-0.2, 0) is 0 Å². The van der Waals surface area contributed by atoms with Gasteiger partial charge in [-0.15, -0.1) is 0 Å². The molecule has 0 spiro atoms. The van der Waals surface area contributed by atoms with Crippen molar-refractivity contribution >= 4 is 0 Å². The lowest BCUT2D eigenvalue weighted by Gasteiger charge is -2.21. The van der Waals surface area contributed by atoms with Gasteiger partial charge in [-0.2, -0.15) is 0 Å². The van der Waals surface area contributed by atoms with E-state index in [9.17, 15) is 15.3 Å². The average Bonchev–Trinajstić information content (AvgIpc) is 2.52. The standard InChI is InChI=1S/C10H21NO4/c1-2-3-4-7(13)8-10(15)9(14)6(5-12)11-8/h6-15H,2-5H2,1H3/t6-,7-,8-,9-,10-/m0/s1. The second-order valence-corrected chi connectivity index (χ2v) is 4.17. The summed E-state index contributed by atoms with van der Waals surface area (Å²) in [6.45, 7) is 1.78. The van der Waals surface area contributed by atoms with E-state index in [-0.39, 0.29) is 6.61 Å². The number of nitrogens with one attached hydrogen (secondary N) is 1. The largest absolute Gasteiger partial charge is 0.395 e. The summed E-state index contributed by atoms with van der Waals surface area (Å²) in [5.41, 5.74) is 0. The zero-order valence-corrected chi connectivity index (χ0v) is 9.00. The molecule has 0 aromatic rings. The highest BCUT2D eigenvalue weighted by atomic mass is 16.3. The van der Waals surface area contributed by atoms with Crippen molar-refractivity contribution in [3.05, 3.63) is 0 Å². The minimum absolute atomic E-state index is 0.241. The fraction of sp³-hybridized carbons (Fsp3) is 1.00. The number of rotatable bonds is 5. The summed E-state index contributed by atoms with van der Waals surface area (Å²) in [5.74, 6) is 0. The normalized spacial score (nSPS) is 38.2. The topological polar surface area (TPSA) is 93.0 Å². The summed E-state index contributed by atoms with van der Waals surface area (Å²) in [6.07, 6.45) is -0.232. The summed E-state index contributed by atoms with van der Waals surface area (Å²) >= 11 is 0. The number of aliphatic hydroxyl groups excluding tert-OH is 4. The van der Waals surface area contributed by atoms with Crippen LogP contribution in [0.1, 0.15) is 26.2 Å². The molecule has 0 radical (unpaired) electrons. The first-order valence-corrected chi connectivity index (χ1v) is 5.53. The van der Waals surface area contributed by atoms with E-state index in [1.165, 1.54) is 0 Å². The zero-order chi connectivity index (χ0) is 11.4. The summed E-state index contributed by atoms with van der Waals surface area (Å²) in [7, 11) is 0. The zero-order valence-electron chi connectivity index (χ0n) is 9.00. The van der Waals surface area contributed by atoms with Crippen molar-refractivity contribution in [1.29, 1.82) is 0 Å². The van der Waals surface area contributed by atoms with E-state index in [1.807, 2.05) is 6.92 Å². The van der Waals surface area contributed by atoms with Gasteiger partial charge in [0.2, 0.25) is 0 Å². The molecular formula is C10H21NO4. The molecule has 1 heterocycles. The van der Waals surface area contributed by atoms with Crippen LogP contribution in [0.4, 0.5) is 0 Å². The molecule has 0 unspecified atom stereocenters. The van der Waals surface area contributed by atoms with Gasteiger partial charge < -0.3 is 25.7 Å². The Labute approximate surface area is 89.7 Å². The van der Waals surface area contributed by atoms with E-state index in [0.717, 1.165) is 12.8 Å². The second-order valence-electron chi connectivity index (χ2n) is 4.17. The van der Waals surface area contributed by atoms with Crippen LogP contribution in [0.5, 0.6) is 0 Å². The van der Waals surface area contributed by atoms with E-state index in [2.05, 4.69) is 5.32 Å². The minimum atomic E-state index is -1.01. The molecule has 1 aliphatic heterocycles. The molecule has 0 amide bonds. The van der Waals surface area contributed by atoms with Crippen LogP contribution in [-0.4, -0.2) is 57.4 Å². The first-order valence-electron chi connectivity index (χ1n) is 5.53. The van der Waals surface area contributed by atoms with E-state index >= 15 is 0 Å². The molecule has 5 heteroatoms. The Bertz CT molecular complexity index is 190. The smallest absolute Gasteiger partial charge is 0.0993 e. The van der Waals surface area contributed by atoms with Crippen molar-refractivity contribution in [2.24, 2.45) is 0 Å². The molecule has 1 rings (SSSR count). The Hall–Kier alpha value is -0.200. The fourth-order valence-corrected chi connectivity index (χ4v) is 1.99. The highest BCUT2D eigenvalue weighted by Crippen LogP contribution is 2.19. The van der Waals surface area contributed by atoms with Crippen molar-refractivity contribution in [1.82, 2.24) is 5.32 Å². The van der Waals surface area contributed by atoms with Crippen LogP contribution in [0, 0.1) is 0 Å². The molecule has 5 nitrogen and oxygen atoms in total. The molecule has 0 bridgehead atoms. The quantitative estimate of drug-likeness (QED) is 0.392. The molecule has 1 saturated heterocycles. The van der Waals surface area contributed by atoms with Crippen LogP contribution < -0.4 is 5.32 Å². The number of unbranched alkanes of at least 4 members (excludes halogenated alkanes) is 1. The molecule has 5 N–H and O–H groups in total. The molecule has 0 aromatic carbocycles. The fourth-order valence-electron chi connectivity index (χ4n) is 1.99. The van der Waals surface area contributed by atoms with Crippen molar-refractivity contribution in [2.45, 2.75) is 56.6 Å². The lowest BCUT2D eigenvalue weighted by atomic mass is 10.00. The van der Waals surface area contributed by atoms with E-state index in [1.54, 1.807) is 0 Å². The maximum Gasteiger partial charge on any atom is 0.0993 e. The molecule has 1 aliphatic rings. The maximum absolute atomic E-state index is 9.77. The third-order valence-corrected chi connectivity index (χ3v) is 3.00. The number of hydrogen-bond donors (Lipinski definition) is 5. The first-order chi connectivity index (χ1) is 7.11. The molecule has 5 atom stereocenters. The van der Waals surface area contributed by atoms with E-state index in [0.29, 0.717) is 6.42 Å². The lowest BCUT2D eigenvalue weighted by Crippen LogP contribution is -2.44. The predicted octanol–water partition coefficient (Wildman–Crippen LogP) is -1.41. The maximum atomic E-state index is 9.77. The number of aliphatic hydroxyl groups is 4. The summed E-state index contributed by atoms with van der Waals surface area (Å²) in [4.78, 5) is 0. The summed E-state index contributed by atoms with van der Waals surface area (Å²) in [5, 5.41) is 40.7. The highest BCUT2D eigenvalue weighted by Gasteiger charge is 2.43. The Kier molecular flexibility index (Phi) is 4.95. The van der Waals surface area contributed by atoms with Crippen LogP contribution in [0.15, 0.2) is 0 Å². The van der Waals surface area contributed by atoms with E-state index in [4.69, 9.17) is 5.11 Å². The second kappa shape index (κ2) is 5.77. The average molecular weight is 219 g/mol. The molecule has 0 aliphatic carbocycles. The molecule has 90 valence electrons. The van der Waals surface area contributed by atoms with Gasteiger partial charge in [0.1, 0.15) is 0 Å².